The SMILES string of the molecule is CC(C)Oc1ccc(N2CCN(C(=O)NCc3ccco3)CC2)cc1. The molecule has 1 aromatic carbocycles. The number of nitrogens with one attached hydrogen (secondary N) is 1. The van der Waals surface area contributed by atoms with Crippen molar-refractivity contribution >= 4 is 11.7 Å². The molecule has 6 nitrogen and oxygen atoms in total. The Morgan fingerprint density at radius 2 is 1.88 bits per heavy atom. The standard InChI is InChI=1S/C19H25N3O3/c1-15(2)25-17-7-5-16(6-8-17)21-9-11-22(12-10-21)19(23)20-14-18-4-3-13-24-18/h3-8,13,15H,9-12,14H2,1-2H3,(H,20,23). The molecule has 2 heterocycles. The molecule has 1 N–H and O–H groups in total. The molecule has 0 bridgehead atoms. The average Bonchev–Trinajstić information content (AvgIpc) is 3.13. The quantitative estimate of drug-likeness (QED) is 0.906. The molecular formula is C19H25N3O3. The molecule has 1 saturated heterocycles. The maximum absolute atomic E-state index is 12.2. The first-order valence-electron chi connectivity index (χ1n) is 8.68. The van der Waals surface area contributed by atoms with E-state index in [9.17, 15) is 4.79 Å². The van der Waals surface area contributed by atoms with E-state index in [2.05, 4.69) is 22.3 Å². The van der Waals surface area contributed by atoms with Gasteiger partial charge in [-0.2, -0.15) is 0 Å². The van der Waals surface area contributed by atoms with Crippen molar-refractivity contribution in [3.8, 4) is 5.75 Å². The van der Waals surface area contributed by atoms with Crippen molar-refractivity contribution in [2.75, 3.05) is 31.1 Å². The molecular weight excluding hydrogens is 318 g/mol. The van der Waals surface area contributed by atoms with Crippen molar-refractivity contribution in [3.05, 3.63) is 48.4 Å². The predicted molar refractivity (Wildman–Crippen MR) is 96.9 cm³/mol. The summed E-state index contributed by atoms with van der Waals surface area (Å²) in [7, 11) is 0. The lowest BCUT2D eigenvalue weighted by Crippen LogP contribution is -2.51. The van der Waals surface area contributed by atoms with Crippen LogP contribution in [0.4, 0.5) is 10.5 Å². The van der Waals surface area contributed by atoms with Crippen molar-refractivity contribution in [2.24, 2.45) is 0 Å². The molecule has 0 saturated carbocycles. The normalized spacial score (nSPS) is 14.7. The highest BCUT2D eigenvalue weighted by atomic mass is 16.5. The average molecular weight is 343 g/mol. The lowest BCUT2D eigenvalue weighted by molar-refractivity contribution is 0.193. The number of hydrogen-bond acceptors (Lipinski definition) is 4. The first kappa shape index (κ1) is 17.2. The number of carbonyl (C=O) groups is 1. The van der Waals surface area contributed by atoms with E-state index >= 15 is 0 Å². The first-order chi connectivity index (χ1) is 12.1. The summed E-state index contributed by atoms with van der Waals surface area (Å²) in [5.41, 5.74) is 1.16. The van der Waals surface area contributed by atoms with Crippen LogP contribution in [0.5, 0.6) is 5.75 Å². The zero-order valence-electron chi connectivity index (χ0n) is 14.8. The molecule has 0 spiro atoms. The Balaban J connectivity index is 1.47. The fourth-order valence-electron chi connectivity index (χ4n) is 2.86. The Labute approximate surface area is 148 Å². The summed E-state index contributed by atoms with van der Waals surface area (Å²) in [6, 6.07) is 11.8. The van der Waals surface area contributed by atoms with Crippen LogP contribution in [0.25, 0.3) is 0 Å². The van der Waals surface area contributed by atoms with Crippen LogP contribution < -0.4 is 15.0 Å². The second-order valence-electron chi connectivity index (χ2n) is 6.37. The molecule has 0 atom stereocenters. The third-order valence-electron chi connectivity index (χ3n) is 4.13. The van der Waals surface area contributed by atoms with Gasteiger partial charge in [-0.15, -0.1) is 0 Å². The molecule has 0 unspecified atom stereocenters. The Morgan fingerprint density at radius 3 is 2.48 bits per heavy atom. The summed E-state index contributed by atoms with van der Waals surface area (Å²) >= 11 is 0. The van der Waals surface area contributed by atoms with Gasteiger partial charge in [0, 0.05) is 31.9 Å². The smallest absolute Gasteiger partial charge is 0.317 e. The van der Waals surface area contributed by atoms with Crippen molar-refractivity contribution in [1.29, 1.82) is 0 Å². The number of hydrogen-bond donors (Lipinski definition) is 1. The minimum absolute atomic E-state index is 0.0447. The van der Waals surface area contributed by atoms with Gasteiger partial charge in [0.2, 0.25) is 0 Å². The Morgan fingerprint density at radius 1 is 1.16 bits per heavy atom. The van der Waals surface area contributed by atoms with Gasteiger partial charge in [0.15, 0.2) is 0 Å². The van der Waals surface area contributed by atoms with Gasteiger partial charge < -0.3 is 24.3 Å². The van der Waals surface area contributed by atoms with E-state index in [1.807, 2.05) is 43.0 Å². The van der Waals surface area contributed by atoms with E-state index in [0.717, 1.165) is 30.3 Å². The highest BCUT2D eigenvalue weighted by molar-refractivity contribution is 5.74. The van der Waals surface area contributed by atoms with E-state index in [1.165, 1.54) is 0 Å². The van der Waals surface area contributed by atoms with E-state index in [1.54, 1.807) is 6.26 Å². The third kappa shape index (κ3) is 4.68. The van der Waals surface area contributed by atoms with Gasteiger partial charge >= 0.3 is 6.03 Å². The van der Waals surface area contributed by atoms with Crippen molar-refractivity contribution in [1.82, 2.24) is 10.2 Å². The van der Waals surface area contributed by atoms with Crippen LogP contribution in [0.15, 0.2) is 47.1 Å². The fourth-order valence-corrected chi connectivity index (χ4v) is 2.86. The van der Waals surface area contributed by atoms with Crippen LogP contribution in [0.3, 0.4) is 0 Å². The van der Waals surface area contributed by atoms with Crippen LogP contribution in [0.1, 0.15) is 19.6 Å². The van der Waals surface area contributed by atoms with Gasteiger partial charge in [-0.05, 0) is 50.2 Å². The molecule has 2 aromatic rings. The molecule has 0 radical (unpaired) electrons. The number of carbonyl (C=O) groups excluding carboxylic acids is 1. The minimum atomic E-state index is -0.0447. The van der Waals surface area contributed by atoms with Gasteiger partial charge in [0.05, 0.1) is 18.9 Å². The Bertz CT molecular complexity index is 660. The summed E-state index contributed by atoms with van der Waals surface area (Å²) in [5, 5.41) is 2.89. The first-order valence-corrected chi connectivity index (χ1v) is 8.68. The van der Waals surface area contributed by atoms with Crippen LogP contribution >= 0.6 is 0 Å². The molecule has 1 aliphatic heterocycles. The van der Waals surface area contributed by atoms with E-state index in [-0.39, 0.29) is 12.1 Å². The molecule has 1 aromatic heterocycles. The maximum Gasteiger partial charge on any atom is 0.317 e. The number of anilines is 1. The lowest BCUT2D eigenvalue weighted by Gasteiger charge is -2.36. The summed E-state index contributed by atoms with van der Waals surface area (Å²) in [6.45, 7) is 7.50. The van der Waals surface area contributed by atoms with Gasteiger partial charge in [0.1, 0.15) is 11.5 Å². The molecule has 3 rings (SSSR count). The van der Waals surface area contributed by atoms with Gasteiger partial charge in [-0.1, -0.05) is 0 Å². The Hall–Kier alpha value is -2.63. The monoisotopic (exact) mass is 343 g/mol. The maximum atomic E-state index is 12.2. The van der Waals surface area contributed by atoms with Crippen LogP contribution in [0, 0.1) is 0 Å². The number of benzene rings is 1. The van der Waals surface area contributed by atoms with Gasteiger partial charge in [0.25, 0.3) is 0 Å². The second-order valence-corrected chi connectivity index (χ2v) is 6.37. The number of furan rings is 1. The summed E-state index contributed by atoms with van der Waals surface area (Å²) < 4.78 is 10.9. The number of urea groups is 1. The zero-order chi connectivity index (χ0) is 17.6. The van der Waals surface area contributed by atoms with Crippen molar-refractivity contribution in [2.45, 2.75) is 26.5 Å². The van der Waals surface area contributed by atoms with Crippen LogP contribution in [-0.4, -0.2) is 43.2 Å². The summed E-state index contributed by atoms with van der Waals surface area (Å²) in [5.74, 6) is 1.64. The molecule has 6 heteroatoms. The molecule has 1 aliphatic rings. The molecule has 25 heavy (non-hydrogen) atoms. The number of amides is 2. The summed E-state index contributed by atoms with van der Waals surface area (Å²) in [4.78, 5) is 16.4. The largest absolute Gasteiger partial charge is 0.491 e. The number of ether oxygens (including phenoxy) is 1. The van der Waals surface area contributed by atoms with Crippen molar-refractivity contribution in [3.63, 3.8) is 0 Å². The van der Waals surface area contributed by atoms with Gasteiger partial charge in [-0.3, -0.25) is 0 Å². The summed E-state index contributed by atoms with van der Waals surface area (Å²) in [6.07, 6.45) is 1.78. The second kappa shape index (κ2) is 7.96. The molecule has 1 fully saturated rings. The Kier molecular flexibility index (Phi) is 5.48. The van der Waals surface area contributed by atoms with E-state index in [4.69, 9.17) is 9.15 Å². The zero-order valence-corrected chi connectivity index (χ0v) is 14.8. The highest BCUT2D eigenvalue weighted by Gasteiger charge is 2.21. The third-order valence-corrected chi connectivity index (χ3v) is 4.13. The fraction of sp³-hybridized carbons (Fsp3) is 0.421. The van der Waals surface area contributed by atoms with E-state index in [0.29, 0.717) is 19.6 Å². The van der Waals surface area contributed by atoms with E-state index < -0.39 is 0 Å². The molecule has 2 amide bonds. The topological polar surface area (TPSA) is 58.0 Å². The molecule has 0 aliphatic carbocycles. The van der Waals surface area contributed by atoms with Crippen LogP contribution in [0.2, 0.25) is 0 Å². The molecule has 134 valence electrons. The highest BCUT2D eigenvalue weighted by Crippen LogP contribution is 2.21. The van der Waals surface area contributed by atoms with Crippen LogP contribution in [-0.2, 0) is 6.54 Å². The van der Waals surface area contributed by atoms with Gasteiger partial charge in [-0.25, -0.2) is 4.79 Å². The number of nitrogens with zero attached hydrogens (tertiary/aromatic N) is 2. The minimum Gasteiger partial charge on any atom is -0.491 e. The predicted octanol–water partition coefficient (Wildman–Crippen LogP) is 3.10. The number of rotatable bonds is 5. The van der Waals surface area contributed by atoms with Crippen molar-refractivity contribution < 1.29 is 13.9 Å². The number of piperazine rings is 1. The lowest BCUT2D eigenvalue weighted by atomic mass is 10.2.